The van der Waals surface area contributed by atoms with Crippen molar-refractivity contribution < 1.29 is 141 Å². The lowest BCUT2D eigenvalue weighted by molar-refractivity contribution is -0.332. The number of alkyl halides is 3. The molecule has 2 aromatic carbocycles. The molecular weight excluding hydrogens is 1410 g/mol. The Morgan fingerprint density at radius 1 is 0.558 bits per heavy atom. The second kappa shape index (κ2) is 41.9. The number of benzene rings is 2. The van der Waals surface area contributed by atoms with Crippen LogP contribution in [0.4, 0.5) is 13.2 Å². The molecule has 104 heavy (non-hydrogen) atoms. The van der Waals surface area contributed by atoms with E-state index in [9.17, 15) is 80.3 Å². The number of carbonyl (C=O) groups excluding carboxylic acids is 14. The zero-order valence-electron chi connectivity index (χ0n) is 58.8. The maximum absolute atomic E-state index is 15.2. The Hall–Kier alpha value is -9.24. The fourth-order valence-electron chi connectivity index (χ4n) is 10.1. The molecule has 578 valence electrons. The van der Waals surface area contributed by atoms with E-state index >= 15 is 4.57 Å². The highest BCUT2D eigenvalue weighted by molar-refractivity contribution is 7.48. The van der Waals surface area contributed by atoms with E-state index < -0.39 is 240 Å². The minimum Gasteiger partial charge on any atom is -0.467 e. The maximum Gasteiger partial charge on any atom is 0.477 e. The molecule has 0 radical (unpaired) electrons. The van der Waals surface area contributed by atoms with Gasteiger partial charge in [0.2, 0.25) is 47.3 Å². The van der Waals surface area contributed by atoms with Gasteiger partial charge in [0.05, 0.1) is 20.3 Å². The van der Waals surface area contributed by atoms with E-state index in [-0.39, 0.29) is 19.3 Å². The van der Waals surface area contributed by atoms with E-state index in [0.717, 1.165) is 62.5 Å². The third-order valence-corrected chi connectivity index (χ3v) is 16.5. The average molecular weight is 1500 g/mol. The lowest BCUT2D eigenvalue weighted by Crippen LogP contribution is -2.70. The van der Waals surface area contributed by atoms with E-state index in [1.165, 1.54) is 13.8 Å². The molecule has 40 heteroatoms. The summed E-state index contributed by atoms with van der Waals surface area (Å²) in [6.45, 7) is 7.90. The first-order valence-electron chi connectivity index (χ1n) is 32.5. The highest BCUT2D eigenvalue weighted by atomic mass is 31.2. The average Bonchev–Trinajstić information content (AvgIpc) is 0.763. The molecule has 2 aliphatic heterocycles. The Labute approximate surface area is 595 Å². The van der Waals surface area contributed by atoms with E-state index in [4.69, 9.17) is 57.2 Å². The Morgan fingerprint density at radius 3 is 1.53 bits per heavy atom. The summed E-state index contributed by atoms with van der Waals surface area (Å²) in [5.41, 5.74) is 6.59. The molecule has 10 N–H and O–H groups in total. The SMILES string of the molecule is COC(=O)[C@@H](C)NC(=O)[C@@H](C)NC(=O)[C@H](CCCCNC(=O)C(F)(F)F)NC(=O)CCC(NC(=O)[C@H](C)NC(=O)[C@@H](C)O[C@@H]1C(NC(C)=O)[C@@H](OP(=O)(OCc2ccccc2)OCc2ccccc2)OC(COC(C)=O)[C@H]1O[C@@H]1O[C@@H](COC(C)=O)[C@@H](OC(C)=O)C(OC(C)=O)C1NC(C)=O)C(N)=O. The minimum atomic E-state index is -5.18. The Morgan fingerprint density at radius 2 is 1.04 bits per heavy atom. The highest BCUT2D eigenvalue weighted by Gasteiger charge is 2.57. The van der Waals surface area contributed by atoms with Crippen molar-refractivity contribution in [3.8, 4) is 0 Å². The third-order valence-electron chi connectivity index (χ3n) is 15.1. The number of carbonyl (C=O) groups is 14. The standard InChI is InChI=1S/C64H89F3N9O27P/c1-32(56(85)72-34(3)60(89)92-11)71-59(88)45(24-18-19-27-69-63(90)64(65,66)67)75-48(83)26-25-44(55(68)84)76-57(86)33(2)70-58(87)35(4)97-53-50(74-37(6)78)62(103-104(91,95-28-42-20-14-12-15-21-42)96-29-43-22-16-13-17-23-43)101-47(31-94-39(8)80)52(53)102-61-49(73-36(5)77)54(99-41(10)82)51(98-40(9)81)46(100-61)30-93-38(7)79/h12-17,20-23,32-35,44-47,49-54,61-62H,18-19,24-31H2,1-11H3,(H2,68,84)(H,69,90)(H,70,87)(H,71,88)(H,72,85)(H,73,77)(H,74,78)(H,75,83)(H,76,86)/t32-,33+,34-,35-,44?,45+,46+,47?,49?,50?,51-,52-,53-,54?,61+,62-/m1/s1. The van der Waals surface area contributed by atoms with Crippen LogP contribution >= 0.6 is 7.82 Å². The Bertz CT molecular complexity index is 3320. The first-order chi connectivity index (χ1) is 48.8. The van der Waals surface area contributed by atoms with Crippen molar-refractivity contribution in [3.05, 3.63) is 71.8 Å². The van der Waals surface area contributed by atoms with Crippen LogP contribution in [0.3, 0.4) is 0 Å². The summed E-state index contributed by atoms with van der Waals surface area (Å²) in [6, 6.07) is 5.57. The normalized spacial score (nSPS) is 21.9. The number of nitrogens with one attached hydrogen (secondary N) is 8. The number of rotatable bonds is 39. The maximum atomic E-state index is 15.2. The number of hydrogen-bond donors (Lipinski definition) is 9. The van der Waals surface area contributed by atoms with Gasteiger partial charge in [0.1, 0.15) is 86.0 Å². The van der Waals surface area contributed by atoms with E-state index in [2.05, 4.69) is 42.0 Å². The van der Waals surface area contributed by atoms with Gasteiger partial charge in [0.15, 0.2) is 24.8 Å². The summed E-state index contributed by atoms with van der Waals surface area (Å²) in [6.07, 6.45) is -23.7. The Balaban J connectivity index is 1.74. The first kappa shape index (κ1) is 87.2. The van der Waals surface area contributed by atoms with Crippen molar-refractivity contribution in [3.63, 3.8) is 0 Å². The molecule has 0 aliphatic carbocycles. The number of phosphoric ester groups is 1. The molecule has 2 heterocycles. The number of hydrogen-bond acceptors (Lipinski definition) is 27. The van der Waals surface area contributed by atoms with Gasteiger partial charge < -0.3 is 90.9 Å². The minimum absolute atomic E-state index is 0.0932. The van der Waals surface area contributed by atoms with Crippen LogP contribution in [0.25, 0.3) is 0 Å². The van der Waals surface area contributed by atoms with Crippen molar-refractivity contribution in [2.24, 2.45) is 5.73 Å². The number of ether oxygens (including phenoxy) is 9. The van der Waals surface area contributed by atoms with Crippen LogP contribution < -0.4 is 48.3 Å². The number of primary amides is 1. The summed E-state index contributed by atoms with van der Waals surface area (Å²) in [7, 11) is -3.96. The van der Waals surface area contributed by atoms with Crippen molar-refractivity contribution in [2.75, 3.05) is 26.9 Å². The fraction of sp³-hybridized carbons (Fsp3) is 0.594. The summed E-state index contributed by atoms with van der Waals surface area (Å²) in [5, 5.41) is 18.5. The van der Waals surface area contributed by atoms with E-state index in [1.807, 2.05) is 0 Å². The number of methoxy groups -OCH3 is 1. The smallest absolute Gasteiger partial charge is 0.467 e. The fourth-order valence-corrected chi connectivity index (χ4v) is 11.3. The second-order valence-corrected chi connectivity index (χ2v) is 25.4. The third kappa shape index (κ3) is 29.5. The van der Waals surface area contributed by atoms with Crippen molar-refractivity contribution in [1.29, 1.82) is 0 Å². The number of amides is 9. The quantitative estimate of drug-likeness (QED) is 0.0183. The van der Waals surface area contributed by atoms with Crippen LogP contribution in [-0.2, 0) is 141 Å². The van der Waals surface area contributed by atoms with Gasteiger partial charge >= 0.3 is 49.8 Å². The molecule has 0 spiro atoms. The Kier molecular flexibility index (Phi) is 35.1. The molecule has 0 aromatic heterocycles. The molecule has 36 nitrogen and oxygen atoms in total. The molecule has 0 saturated carbocycles. The van der Waals surface area contributed by atoms with Crippen molar-refractivity contribution in [1.82, 2.24) is 42.5 Å². The molecular formula is C64H89F3N9O27P. The molecule has 4 rings (SSSR count). The van der Waals surface area contributed by atoms with Gasteiger partial charge in [-0.15, -0.1) is 0 Å². The van der Waals surface area contributed by atoms with Crippen LogP contribution in [0, 0.1) is 0 Å². The monoisotopic (exact) mass is 1500 g/mol. The summed E-state index contributed by atoms with van der Waals surface area (Å²) < 4.78 is 124. The molecule has 5 unspecified atom stereocenters. The van der Waals surface area contributed by atoms with Crippen LogP contribution in [0.2, 0.25) is 0 Å². The van der Waals surface area contributed by atoms with Crippen molar-refractivity contribution in [2.45, 2.75) is 218 Å². The van der Waals surface area contributed by atoms with Gasteiger partial charge in [0.25, 0.3) is 0 Å². The topological polar surface area (TPSA) is 489 Å². The molecule has 2 aliphatic rings. The van der Waals surface area contributed by atoms with E-state index in [0.29, 0.717) is 11.1 Å². The predicted octanol–water partition coefficient (Wildman–Crippen LogP) is -0.0766. The highest BCUT2D eigenvalue weighted by Crippen LogP contribution is 2.54. The number of nitrogens with two attached hydrogens (primary N) is 1. The van der Waals surface area contributed by atoms with Gasteiger partial charge in [-0.2, -0.15) is 13.2 Å². The van der Waals surface area contributed by atoms with Crippen LogP contribution in [0.1, 0.15) is 112 Å². The van der Waals surface area contributed by atoms with Crippen LogP contribution in [0.5, 0.6) is 0 Å². The lowest BCUT2D eigenvalue weighted by Gasteiger charge is -2.50. The lowest BCUT2D eigenvalue weighted by atomic mass is 9.93. The molecule has 9 amide bonds. The van der Waals surface area contributed by atoms with Gasteiger partial charge in [0, 0.05) is 54.5 Å². The second-order valence-electron chi connectivity index (χ2n) is 23.8. The number of esters is 5. The van der Waals surface area contributed by atoms with Crippen molar-refractivity contribution >= 4 is 90.8 Å². The van der Waals surface area contributed by atoms with Gasteiger partial charge in [-0.3, -0.25) is 75.9 Å². The molecule has 2 fully saturated rings. The molecule has 0 bridgehead atoms. The van der Waals surface area contributed by atoms with Crippen LogP contribution in [-0.4, -0.2) is 214 Å². The molecule has 2 aromatic rings. The number of phosphoric acid groups is 1. The molecule has 2 saturated heterocycles. The van der Waals surface area contributed by atoms with Gasteiger partial charge in [-0.1, -0.05) is 60.7 Å². The zero-order chi connectivity index (χ0) is 77.8. The molecule has 16 atom stereocenters. The predicted molar refractivity (Wildman–Crippen MR) is 347 cm³/mol. The van der Waals surface area contributed by atoms with Gasteiger partial charge in [-0.05, 0) is 64.5 Å². The largest absolute Gasteiger partial charge is 0.477 e. The summed E-state index contributed by atoms with van der Waals surface area (Å²) in [4.78, 5) is 182. The number of halogens is 3. The number of unbranched alkanes of at least 4 members (excludes halogenated alkanes) is 1. The zero-order valence-corrected chi connectivity index (χ0v) is 59.7. The first-order valence-corrected chi connectivity index (χ1v) is 33.9. The summed E-state index contributed by atoms with van der Waals surface area (Å²) in [5.74, 6) is -14.9. The van der Waals surface area contributed by atoms with Gasteiger partial charge in [-0.25, -0.2) is 9.36 Å². The van der Waals surface area contributed by atoms with E-state index in [1.54, 1.807) is 66.0 Å². The van der Waals surface area contributed by atoms with Crippen LogP contribution in [0.15, 0.2) is 60.7 Å². The summed E-state index contributed by atoms with van der Waals surface area (Å²) >= 11 is 0.